The highest BCUT2D eigenvalue weighted by molar-refractivity contribution is 6.30. The molecule has 1 rings (SSSR count). The molecule has 0 aliphatic rings. The summed E-state index contributed by atoms with van der Waals surface area (Å²) in [5, 5.41) is 0.602. The van der Waals surface area contributed by atoms with E-state index in [2.05, 4.69) is 0 Å². The number of rotatable bonds is 5. The Morgan fingerprint density at radius 2 is 2.06 bits per heavy atom. The van der Waals surface area contributed by atoms with E-state index in [9.17, 15) is 4.79 Å². The van der Waals surface area contributed by atoms with Crippen molar-refractivity contribution in [2.24, 2.45) is 0 Å². The summed E-state index contributed by atoms with van der Waals surface area (Å²) in [5.41, 5.74) is 0. The van der Waals surface area contributed by atoms with Crippen molar-refractivity contribution in [1.29, 1.82) is 0 Å². The number of halogens is 1. The van der Waals surface area contributed by atoms with Gasteiger partial charge in [0.25, 0.3) is 5.91 Å². The molecule has 0 N–H and O–H groups in total. The average molecular weight is 256 g/mol. The second-order valence-corrected chi connectivity index (χ2v) is 4.16. The molecule has 0 aliphatic carbocycles. The van der Waals surface area contributed by atoms with Gasteiger partial charge < -0.3 is 9.64 Å². The van der Waals surface area contributed by atoms with Gasteiger partial charge in [-0.15, -0.1) is 0 Å². The van der Waals surface area contributed by atoms with Crippen LogP contribution in [-0.4, -0.2) is 30.0 Å². The Labute approximate surface area is 107 Å². The lowest BCUT2D eigenvalue weighted by atomic mass is 10.3. The highest BCUT2D eigenvalue weighted by Gasteiger charge is 2.19. The Bertz CT molecular complexity index is 377. The van der Waals surface area contributed by atoms with Crippen LogP contribution in [0.1, 0.15) is 20.8 Å². The Kier molecular flexibility index (Phi) is 5.29. The van der Waals surface area contributed by atoms with Crippen molar-refractivity contribution in [2.45, 2.75) is 26.9 Å². The first-order valence-electron chi connectivity index (χ1n) is 5.79. The van der Waals surface area contributed by atoms with Gasteiger partial charge in [0.1, 0.15) is 5.75 Å². The van der Waals surface area contributed by atoms with E-state index in [1.165, 1.54) is 0 Å². The maximum Gasteiger partial charge on any atom is 0.263 e. The summed E-state index contributed by atoms with van der Waals surface area (Å²) in [6, 6.07) is 7.06. The van der Waals surface area contributed by atoms with E-state index in [1.54, 1.807) is 36.1 Å². The van der Waals surface area contributed by atoms with E-state index >= 15 is 0 Å². The maximum absolute atomic E-state index is 12.0. The number of amides is 1. The van der Waals surface area contributed by atoms with Gasteiger partial charge in [-0.2, -0.15) is 0 Å². The minimum Gasteiger partial charge on any atom is -0.481 e. The summed E-state index contributed by atoms with van der Waals surface area (Å²) in [6.07, 6.45) is -0.492. The van der Waals surface area contributed by atoms with Gasteiger partial charge in [-0.25, -0.2) is 0 Å². The predicted molar refractivity (Wildman–Crippen MR) is 69.5 cm³/mol. The molecule has 0 aliphatic heterocycles. The molecule has 0 heterocycles. The Hall–Kier alpha value is -1.22. The lowest BCUT2D eigenvalue weighted by Gasteiger charge is -2.23. The highest BCUT2D eigenvalue weighted by atomic mass is 35.5. The Morgan fingerprint density at radius 3 is 2.59 bits per heavy atom. The molecular formula is C13H18ClNO2. The number of carbonyl (C=O) groups is 1. The van der Waals surface area contributed by atoms with Crippen molar-refractivity contribution in [3.8, 4) is 5.75 Å². The van der Waals surface area contributed by atoms with Crippen molar-refractivity contribution < 1.29 is 9.53 Å². The van der Waals surface area contributed by atoms with Gasteiger partial charge >= 0.3 is 0 Å². The average Bonchev–Trinajstić information content (AvgIpc) is 2.30. The SMILES string of the molecule is CCN(CC)C(=O)C(C)Oc1cccc(Cl)c1. The van der Waals surface area contributed by atoms with Crippen LogP contribution in [-0.2, 0) is 4.79 Å². The van der Waals surface area contributed by atoms with Crippen molar-refractivity contribution >= 4 is 17.5 Å². The minimum absolute atomic E-state index is 0.00465. The van der Waals surface area contributed by atoms with Crippen LogP contribution in [0.3, 0.4) is 0 Å². The molecule has 0 radical (unpaired) electrons. The minimum atomic E-state index is -0.492. The number of hydrogen-bond acceptors (Lipinski definition) is 2. The second kappa shape index (κ2) is 6.50. The highest BCUT2D eigenvalue weighted by Crippen LogP contribution is 2.18. The fourth-order valence-electron chi connectivity index (χ4n) is 1.59. The molecule has 17 heavy (non-hydrogen) atoms. The van der Waals surface area contributed by atoms with Crippen LogP contribution >= 0.6 is 11.6 Å². The van der Waals surface area contributed by atoms with Crippen LogP contribution in [0.4, 0.5) is 0 Å². The molecule has 0 fully saturated rings. The van der Waals surface area contributed by atoms with Crippen molar-refractivity contribution in [2.75, 3.05) is 13.1 Å². The molecule has 94 valence electrons. The van der Waals surface area contributed by atoms with Crippen molar-refractivity contribution in [1.82, 2.24) is 4.90 Å². The largest absolute Gasteiger partial charge is 0.481 e. The van der Waals surface area contributed by atoms with Crippen molar-refractivity contribution in [3.05, 3.63) is 29.3 Å². The molecular weight excluding hydrogens is 238 g/mol. The topological polar surface area (TPSA) is 29.5 Å². The predicted octanol–water partition coefficient (Wildman–Crippen LogP) is 2.98. The normalized spacial score (nSPS) is 12.0. The Morgan fingerprint density at radius 1 is 1.41 bits per heavy atom. The first-order chi connectivity index (χ1) is 8.08. The third kappa shape index (κ3) is 3.93. The molecule has 1 aromatic rings. The standard InChI is InChI=1S/C13H18ClNO2/c1-4-15(5-2)13(16)10(3)17-12-8-6-7-11(14)9-12/h6-10H,4-5H2,1-3H3. The quantitative estimate of drug-likeness (QED) is 0.810. The molecule has 1 atom stereocenters. The first kappa shape index (κ1) is 13.8. The molecule has 1 unspecified atom stereocenters. The zero-order valence-electron chi connectivity index (χ0n) is 10.4. The summed E-state index contributed by atoms with van der Waals surface area (Å²) in [6.45, 7) is 7.04. The summed E-state index contributed by atoms with van der Waals surface area (Å²) >= 11 is 5.85. The Balaban J connectivity index is 2.65. The van der Waals surface area contributed by atoms with E-state index in [1.807, 2.05) is 13.8 Å². The smallest absolute Gasteiger partial charge is 0.263 e. The van der Waals surface area contributed by atoms with Crippen LogP contribution in [0.2, 0.25) is 5.02 Å². The fraction of sp³-hybridized carbons (Fsp3) is 0.462. The number of likely N-dealkylation sites (N-methyl/N-ethyl adjacent to an activating group) is 1. The second-order valence-electron chi connectivity index (χ2n) is 3.73. The number of ether oxygens (including phenoxy) is 1. The van der Waals surface area contributed by atoms with Gasteiger partial charge in [-0.1, -0.05) is 17.7 Å². The van der Waals surface area contributed by atoms with Gasteiger partial charge in [-0.05, 0) is 39.0 Å². The molecule has 0 aromatic heterocycles. The summed E-state index contributed by atoms with van der Waals surface area (Å²) in [5.74, 6) is 0.612. The van der Waals surface area contributed by atoms with Gasteiger partial charge in [0.05, 0.1) is 0 Å². The van der Waals surface area contributed by atoms with Gasteiger partial charge in [0, 0.05) is 18.1 Å². The third-order valence-corrected chi connectivity index (χ3v) is 2.77. The van der Waals surface area contributed by atoms with Crippen LogP contribution in [0.15, 0.2) is 24.3 Å². The van der Waals surface area contributed by atoms with Crippen LogP contribution < -0.4 is 4.74 Å². The van der Waals surface area contributed by atoms with E-state index < -0.39 is 6.10 Å². The maximum atomic E-state index is 12.0. The van der Waals surface area contributed by atoms with E-state index in [0.717, 1.165) is 0 Å². The lowest BCUT2D eigenvalue weighted by molar-refractivity contribution is -0.137. The third-order valence-electron chi connectivity index (χ3n) is 2.53. The number of benzene rings is 1. The molecule has 0 saturated heterocycles. The van der Waals surface area contributed by atoms with Crippen LogP contribution in [0.25, 0.3) is 0 Å². The molecule has 0 saturated carbocycles. The van der Waals surface area contributed by atoms with E-state index in [-0.39, 0.29) is 5.91 Å². The molecule has 0 spiro atoms. The summed E-state index contributed by atoms with van der Waals surface area (Å²) in [4.78, 5) is 13.7. The van der Waals surface area contributed by atoms with E-state index in [4.69, 9.17) is 16.3 Å². The summed E-state index contributed by atoms with van der Waals surface area (Å²) < 4.78 is 5.57. The number of hydrogen-bond donors (Lipinski definition) is 0. The zero-order valence-corrected chi connectivity index (χ0v) is 11.2. The van der Waals surface area contributed by atoms with E-state index in [0.29, 0.717) is 23.9 Å². The van der Waals surface area contributed by atoms with Gasteiger partial charge in [-0.3, -0.25) is 4.79 Å². The van der Waals surface area contributed by atoms with Crippen LogP contribution in [0, 0.1) is 0 Å². The van der Waals surface area contributed by atoms with Crippen molar-refractivity contribution in [3.63, 3.8) is 0 Å². The number of nitrogens with zero attached hydrogens (tertiary/aromatic N) is 1. The van der Waals surface area contributed by atoms with Crippen LogP contribution in [0.5, 0.6) is 5.75 Å². The molecule has 3 nitrogen and oxygen atoms in total. The molecule has 4 heteroatoms. The molecule has 1 aromatic carbocycles. The zero-order chi connectivity index (χ0) is 12.8. The monoisotopic (exact) mass is 255 g/mol. The fourth-order valence-corrected chi connectivity index (χ4v) is 1.77. The number of carbonyl (C=O) groups excluding carboxylic acids is 1. The van der Waals surface area contributed by atoms with Gasteiger partial charge in [0.15, 0.2) is 6.10 Å². The summed E-state index contributed by atoms with van der Waals surface area (Å²) in [7, 11) is 0. The molecule has 1 amide bonds. The van der Waals surface area contributed by atoms with Gasteiger partial charge in [0.2, 0.25) is 0 Å². The molecule has 0 bridgehead atoms. The first-order valence-corrected chi connectivity index (χ1v) is 6.17. The lowest BCUT2D eigenvalue weighted by Crippen LogP contribution is -2.40.